The first-order valence-electron chi connectivity index (χ1n) is 12.9. The molecule has 1 N–H and O–H groups in total. The van der Waals surface area contributed by atoms with Gasteiger partial charge in [-0.1, -0.05) is 59.7 Å². The standard InChI is InChI=1S/C29H48O6Si2/c1-28(2,3)36(9,10)33-20-26(34-23-16-14-13-15-22(23)31-7)27(30)21-17-18-24(25(19-21)32-8)35-37(11,12)29(4,5)6/h13-19,26-27,30H,20H2,1-12H3/t26-,27+/m0/s1. The number of ether oxygens (including phenoxy) is 3. The van der Waals surface area contributed by atoms with Crippen LogP contribution in [0.15, 0.2) is 42.5 Å². The zero-order valence-corrected chi connectivity index (χ0v) is 26.9. The van der Waals surface area contributed by atoms with Crippen LogP contribution in [-0.4, -0.2) is 48.7 Å². The summed E-state index contributed by atoms with van der Waals surface area (Å²) >= 11 is 0. The molecule has 0 spiro atoms. The second kappa shape index (κ2) is 11.8. The Kier molecular flexibility index (Phi) is 9.96. The molecule has 0 unspecified atom stereocenters. The number of para-hydroxylation sites is 2. The molecule has 0 saturated heterocycles. The van der Waals surface area contributed by atoms with Gasteiger partial charge in [0, 0.05) is 0 Å². The van der Waals surface area contributed by atoms with Crippen molar-refractivity contribution in [2.75, 3.05) is 20.8 Å². The van der Waals surface area contributed by atoms with Crippen LogP contribution in [0.5, 0.6) is 23.0 Å². The van der Waals surface area contributed by atoms with Gasteiger partial charge in [-0.3, -0.25) is 0 Å². The Morgan fingerprint density at radius 3 is 1.78 bits per heavy atom. The lowest BCUT2D eigenvalue weighted by molar-refractivity contribution is 0.00260. The predicted octanol–water partition coefficient (Wildman–Crippen LogP) is 7.59. The van der Waals surface area contributed by atoms with Gasteiger partial charge in [-0.25, -0.2) is 0 Å². The number of hydrogen-bond acceptors (Lipinski definition) is 6. The van der Waals surface area contributed by atoms with E-state index in [1.807, 2.05) is 42.5 Å². The fourth-order valence-corrected chi connectivity index (χ4v) is 5.21. The van der Waals surface area contributed by atoms with Crippen LogP contribution in [0.2, 0.25) is 36.3 Å². The molecular formula is C29H48O6Si2. The Morgan fingerprint density at radius 1 is 0.730 bits per heavy atom. The molecule has 0 aliphatic rings. The van der Waals surface area contributed by atoms with Crippen LogP contribution in [0, 0.1) is 0 Å². The van der Waals surface area contributed by atoms with E-state index < -0.39 is 28.8 Å². The smallest absolute Gasteiger partial charge is 0.250 e. The molecule has 2 atom stereocenters. The van der Waals surface area contributed by atoms with E-state index in [1.54, 1.807) is 14.2 Å². The van der Waals surface area contributed by atoms with Gasteiger partial charge in [-0.05, 0) is 66.1 Å². The fraction of sp³-hybridized carbons (Fsp3) is 0.586. The minimum Gasteiger partial charge on any atom is -0.541 e. The first-order chi connectivity index (χ1) is 16.9. The molecule has 37 heavy (non-hydrogen) atoms. The van der Waals surface area contributed by atoms with Gasteiger partial charge in [-0.2, -0.15) is 0 Å². The number of aliphatic hydroxyl groups is 1. The number of hydrogen-bond donors (Lipinski definition) is 1. The third-order valence-electron chi connectivity index (χ3n) is 7.81. The third kappa shape index (κ3) is 7.75. The molecule has 0 aliphatic carbocycles. The highest BCUT2D eigenvalue weighted by molar-refractivity contribution is 6.75. The van der Waals surface area contributed by atoms with E-state index in [9.17, 15) is 5.11 Å². The predicted molar refractivity (Wildman–Crippen MR) is 156 cm³/mol. The molecule has 208 valence electrons. The summed E-state index contributed by atoms with van der Waals surface area (Å²) < 4.78 is 30.5. The monoisotopic (exact) mass is 548 g/mol. The van der Waals surface area contributed by atoms with Gasteiger partial charge < -0.3 is 28.2 Å². The third-order valence-corrected chi connectivity index (χ3v) is 16.7. The summed E-state index contributed by atoms with van der Waals surface area (Å²) in [5.41, 5.74) is 0.665. The molecule has 0 amide bonds. The molecule has 0 heterocycles. The van der Waals surface area contributed by atoms with Crippen molar-refractivity contribution < 1.29 is 28.2 Å². The van der Waals surface area contributed by atoms with Crippen LogP contribution < -0.4 is 18.6 Å². The molecule has 0 bridgehead atoms. The van der Waals surface area contributed by atoms with Crippen molar-refractivity contribution in [1.82, 2.24) is 0 Å². The van der Waals surface area contributed by atoms with Crippen molar-refractivity contribution in [3.63, 3.8) is 0 Å². The quantitative estimate of drug-likeness (QED) is 0.292. The van der Waals surface area contributed by atoms with Crippen molar-refractivity contribution >= 4 is 16.6 Å². The molecule has 2 rings (SSSR count). The van der Waals surface area contributed by atoms with Crippen LogP contribution in [0.1, 0.15) is 53.2 Å². The Morgan fingerprint density at radius 2 is 1.27 bits per heavy atom. The van der Waals surface area contributed by atoms with Gasteiger partial charge in [0.25, 0.3) is 8.32 Å². The molecular weight excluding hydrogens is 500 g/mol. The van der Waals surface area contributed by atoms with E-state index in [4.69, 9.17) is 23.1 Å². The summed E-state index contributed by atoms with van der Waals surface area (Å²) in [5, 5.41) is 11.6. The highest BCUT2D eigenvalue weighted by Crippen LogP contribution is 2.42. The van der Waals surface area contributed by atoms with E-state index in [0.717, 1.165) is 0 Å². The topological polar surface area (TPSA) is 66.4 Å². The first-order valence-corrected chi connectivity index (χ1v) is 18.7. The number of benzene rings is 2. The SMILES string of the molecule is COc1ccccc1O[C@@H](CO[Si](C)(C)C(C)(C)C)[C@H](O)c1ccc(O[Si](C)(C)C(C)(C)C)c(OC)c1. The van der Waals surface area contributed by atoms with Crippen LogP contribution in [0.25, 0.3) is 0 Å². The Bertz CT molecular complexity index is 1020. The maximum Gasteiger partial charge on any atom is 0.250 e. The zero-order valence-electron chi connectivity index (χ0n) is 24.9. The first kappa shape index (κ1) is 31.2. The minimum absolute atomic E-state index is 0.0267. The zero-order chi connectivity index (χ0) is 28.2. The van der Waals surface area contributed by atoms with Crippen LogP contribution in [0.4, 0.5) is 0 Å². The van der Waals surface area contributed by atoms with E-state index >= 15 is 0 Å². The highest BCUT2D eigenvalue weighted by Gasteiger charge is 2.40. The number of aliphatic hydroxyl groups excluding tert-OH is 1. The van der Waals surface area contributed by atoms with Gasteiger partial charge in [0.2, 0.25) is 0 Å². The van der Waals surface area contributed by atoms with Crippen LogP contribution >= 0.6 is 0 Å². The van der Waals surface area contributed by atoms with E-state index in [1.165, 1.54) is 0 Å². The van der Waals surface area contributed by atoms with Gasteiger partial charge >= 0.3 is 0 Å². The van der Waals surface area contributed by atoms with Gasteiger partial charge in [0.05, 0.1) is 20.8 Å². The van der Waals surface area contributed by atoms with Crippen molar-refractivity contribution in [3.05, 3.63) is 48.0 Å². The summed E-state index contributed by atoms with van der Waals surface area (Å²) in [6.07, 6.45) is -1.63. The maximum absolute atomic E-state index is 11.6. The summed E-state index contributed by atoms with van der Waals surface area (Å²) in [6.45, 7) is 22.2. The normalized spacial score (nSPS) is 14.6. The van der Waals surface area contributed by atoms with E-state index in [-0.39, 0.29) is 16.7 Å². The lowest BCUT2D eigenvalue weighted by atomic mass is 10.0. The molecule has 6 nitrogen and oxygen atoms in total. The summed E-state index contributed by atoms with van der Waals surface area (Å²) in [6, 6.07) is 13.0. The summed E-state index contributed by atoms with van der Waals surface area (Å²) in [5.74, 6) is 2.42. The summed E-state index contributed by atoms with van der Waals surface area (Å²) in [7, 11) is -0.936. The Hall–Kier alpha value is -2.01. The Balaban J connectivity index is 2.41. The van der Waals surface area contributed by atoms with Gasteiger partial charge in [-0.15, -0.1) is 0 Å². The maximum atomic E-state index is 11.6. The number of rotatable bonds is 11. The Labute approximate surface area is 226 Å². The molecule has 8 heteroatoms. The second-order valence-corrected chi connectivity index (χ2v) is 22.1. The average molecular weight is 549 g/mol. The van der Waals surface area contributed by atoms with Crippen LogP contribution in [0.3, 0.4) is 0 Å². The van der Waals surface area contributed by atoms with Gasteiger partial charge in [0.1, 0.15) is 11.9 Å². The molecule has 2 aromatic rings. The molecule has 0 radical (unpaired) electrons. The van der Waals surface area contributed by atoms with E-state index in [2.05, 4.69) is 67.7 Å². The molecule has 2 aromatic carbocycles. The molecule has 0 saturated carbocycles. The van der Waals surface area contributed by atoms with Crippen molar-refractivity contribution in [2.45, 2.75) is 90.0 Å². The van der Waals surface area contributed by atoms with Crippen LogP contribution in [-0.2, 0) is 4.43 Å². The lowest BCUT2D eigenvalue weighted by Crippen LogP contribution is -2.44. The van der Waals surface area contributed by atoms with Crippen molar-refractivity contribution in [1.29, 1.82) is 0 Å². The highest BCUT2D eigenvalue weighted by atomic mass is 28.4. The van der Waals surface area contributed by atoms with E-state index in [0.29, 0.717) is 28.6 Å². The lowest BCUT2D eigenvalue weighted by Gasteiger charge is -2.38. The largest absolute Gasteiger partial charge is 0.541 e. The number of methoxy groups -OCH3 is 2. The van der Waals surface area contributed by atoms with Crippen molar-refractivity contribution in [3.8, 4) is 23.0 Å². The molecule has 0 aliphatic heterocycles. The molecule has 0 aromatic heterocycles. The second-order valence-electron chi connectivity index (χ2n) is 12.6. The molecule has 0 fully saturated rings. The average Bonchev–Trinajstić information content (AvgIpc) is 2.80. The van der Waals surface area contributed by atoms with Crippen molar-refractivity contribution in [2.24, 2.45) is 0 Å². The fourth-order valence-electron chi connectivity index (χ4n) is 3.17. The minimum atomic E-state index is -2.09. The summed E-state index contributed by atoms with van der Waals surface area (Å²) in [4.78, 5) is 0. The van der Waals surface area contributed by atoms with Gasteiger partial charge in [0.15, 0.2) is 31.7 Å².